The van der Waals surface area contributed by atoms with Gasteiger partial charge in [-0.15, -0.1) is 0 Å². The van der Waals surface area contributed by atoms with Gasteiger partial charge in [-0.2, -0.15) is 0 Å². The van der Waals surface area contributed by atoms with Gasteiger partial charge in [0, 0.05) is 17.2 Å². The van der Waals surface area contributed by atoms with E-state index in [-0.39, 0.29) is 0 Å². The van der Waals surface area contributed by atoms with Crippen molar-refractivity contribution in [2.24, 2.45) is 0 Å². The molecule has 1 nitrogen and oxygen atoms in total. The Kier molecular flexibility index (Phi) is 4.75. The fourth-order valence-corrected chi connectivity index (χ4v) is 2.49. The van der Waals surface area contributed by atoms with Gasteiger partial charge in [0.25, 0.3) is 0 Å². The van der Waals surface area contributed by atoms with Gasteiger partial charge in [-0.05, 0) is 36.5 Å². The molecule has 0 saturated carbocycles. The van der Waals surface area contributed by atoms with Gasteiger partial charge in [-0.1, -0.05) is 52.3 Å². The molecular formula is C15H16BrN. The highest BCUT2D eigenvalue weighted by molar-refractivity contribution is 9.09. The molecule has 0 fully saturated rings. The van der Waals surface area contributed by atoms with E-state index in [9.17, 15) is 0 Å². The maximum Gasteiger partial charge on any atom is 0.0395 e. The van der Waals surface area contributed by atoms with Gasteiger partial charge in [0.2, 0.25) is 0 Å². The van der Waals surface area contributed by atoms with Gasteiger partial charge < -0.3 is 0 Å². The molecule has 88 valence electrons. The van der Waals surface area contributed by atoms with Crippen LogP contribution in [0.1, 0.15) is 28.8 Å². The molecule has 0 spiro atoms. The van der Waals surface area contributed by atoms with E-state index in [1.807, 2.05) is 18.5 Å². The minimum atomic E-state index is 0.459. The van der Waals surface area contributed by atoms with Crippen molar-refractivity contribution in [1.82, 2.24) is 4.98 Å². The van der Waals surface area contributed by atoms with E-state index in [1.54, 1.807) is 0 Å². The summed E-state index contributed by atoms with van der Waals surface area (Å²) in [6.07, 6.45) is 7.20. The highest BCUT2D eigenvalue weighted by atomic mass is 79.9. The van der Waals surface area contributed by atoms with E-state index in [1.165, 1.54) is 17.5 Å². The summed E-state index contributed by atoms with van der Waals surface area (Å²) in [6, 6.07) is 14.7. The molecule has 17 heavy (non-hydrogen) atoms. The Hall–Kier alpha value is -1.15. The lowest BCUT2D eigenvalue weighted by Crippen LogP contribution is -1.92. The molecule has 0 amide bonds. The molecule has 2 heteroatoms. The third-order valence-corrected chi connectivity index (χ3v) is 3.79. The first kappa shape index (κ1) is 12.3. The third-order valence-electron chi connectivity index (χ3n) is 2.81. The van der Waals surface area contributed by atoms with Crippen molar-refractivity contribution in [2.75, 3.05) is 0 Å². The molecule has 1 heterocycles. The average molecular weight is 290 g/mol. The molecule has 0 aliphatic heterocycles. The Labute approximate surface area is 111 Å². The largest absolute Gasteiger partial charge is 0.264 e. The van der Waals surface area contributed by atoms with Crippen LogP contribution in [0, 0.1) is 0 Å². The van der Waals surface area contributed by atoms with E-state index in [0.29, 0.717) is 4.83 Å². The first-order valence-corrected chi connectivity index (χ1v) is 6.86. The lowest BCUT2D eigenvalue weighted by molar-refractivity contribution is 0.728. The van der Waals surface area contributed by atoms with E-state index in [4.69, 9.17) is 0 Å². The summed E-state index contributed by atoms with van der Waals surface area (Å²) >= 11 is 3.74. The summed E-state index contributed by atoms with van der Waals surface area (Å²) < 4.78 is 0. The van der Waals surface area contributed by atoms with Crippen LogP contribution in [0.15, 0.2) is 54.9 Å². The van der Waals surface area contributed by atoms with Crippen LogP contribution in [0.3, 0.4) is 0 Å². The predicted molar refractivity (Wildman–Crippen MR) is 75.3 cm³/mol. The Morgan fingerprint density at radius 2 is 1.88 bits per heavy atom. The standard InChI is InChI=1S/C15H16BrN/c16-15(14-8-2-1-3-9-14)10-4-6-13-7-5-11-17-12-13/h1-3,5,7-9,11-12,15H,4,6,10H2. The number of hydrogen-bond acceptors (Lipinski definition) is 1. The summed E-state index contributed by atoms with van der Waals surface area (Å²) in [5, 5.41) is 0. The second-order valence-corrected chi connectivity index (χ2v) is 5.24. The molecule has 2 aromatic rings. The fourth-order valence-electron chi connectivity index (χ4n) is 1.86. The van der Waals surface area contributed by atoms with Crippen molar-refractivity contribution in [1.29, 1.82) is 0 Å². The van der Waals surface area contributed by atoms with Crippen LogP contribution in [0.4, 0.5) is 0 Å². The quantitative estimate of drug-likeness (QED) is 0.737. The first-order chi connectivity index (χ1) is 8.36. The van der Waals surface area contributed by atoms with Crippen LogP contribution in [0.5, 0.6) is 0 Å². The van der Waals surface area contributed by atoms with Crippen molar-refractivity contribution in [3.63, 3.8) is 0 Å². The minimum absolute atomic E-state index is 0.459. The number of aromatic nitrogens is 1. The second-order valence-electron chi connectivity index (χ2n) is 4.13. The molecule has 1 unspecified atom stereocenters. The highest BCUT2D eigenvalue weighted by Crippen LogP contribution is 2.27. The highest BCUT2D eigenvalue weighted by Gasteiger charge is 2.06. The van der Waals surface area contributed by atoms with Gasteiger partial charge in [0.1, 0.15) is 0 Å². The molecule has 2 rings (SSSR count). The third kappa shape index (κ3) is 3.97. The fraction of sp³-hybridized carbons (Fsp3) is 0.267. The normalized spacial score (nSPS) is 12.3. The number of aryl methyl sites for hydroxylation is 1. The number of halogens is 1. The lowest BCUT2D eigenvalue weighted by atomic mass is 10.0. The Balaban J connectivity index is 1.79. The second kappa shape index (κ2) is 6.55. The number of pyridine rings is 1. The van der Waals surface area contributed by atoms with Crippen molar-refractivity contribution in [3.05, 3.63) is 66.0 Å². The van der Waals surface area contributed by atoms with Crippen molar-refractivity contribution < 1.29 is 0 Å². The predicted octanol–water partition coefficient (Wildman–Crippen LogP) is 4.54. The smallest absolute Gasteiger partial charge is 0.0395 e. The molecule has 1 atom stereocenters. The summed E-state index contributed by atoms with van der Waals surface area (Å²) in [4.78, 5) is 4.59. The van der Waals surface area contributed by atoms with Crippen LogP contribution in [0.2, 0.25) is 0 Å². The van der Waals surface area contributed by atoms with Crippen molar-refractivity contribution in [3.8, 4) is 0 Å². The minimum Gasteiger partial charge on any atom is -0.264 e. The van der Waals surface area contributed by atoms with E-state index in [0.717, 1.165) is 12.8 Å². The molecule has 0 aliphatic rings. The molecule has 0 radical (unpaired) electrons. The first-order valence-electron chi connectivity index (χ1n) is 5.94. The van der Waals surface area contributed by atoms with Gasteiger partial charge in [0.15, 0.2) is 0 Å². The van der Waals surface area contributed by atoms with Crippen LogP contribution >= 0.6 is 15.9 Å². The maximum absolute atomic E-state index is 4.13. The summed E-state index contributed by atoms with van der Waals surface area (Å²) in [5.74, 6) is 0. The van der Waals surface area contributed by atoms with Gasteiger partial charge in [0.05, 0.1) is 0 Å². The Morgan fingerprint density at radius 3 is 2.59 bits per heavy atom. The van der Waals surface area contributed by atoms with Crippen LogP contribution < -0.4 is 0 Å². The summed E-state index contributed by atoms with van der Waals surface area (Å²) in [6.45, 7) is 0. The average Bonchev–Trinajstić information content (AvgIpc) is 2.41. The lowest BCUT2D eigenvalue weighted by Gasteiger charge is -2.09. The number of nitrogens with zero attached hydrogens (tertiary/aromatic N) is 1. The zero-order chi connectivity index (χ0) is 11.9. The molecule has 1 aromatic heterocycles. The molecular weight excluding hydrogens is 274 g/mol. The van der Waals surface area contributed by atoms with Gasteiger partial charge in [-0.3, -0.25) is 4.98 Å². The van der Waals surface area contributed by atoms with E-state index >= 15 is 0 Å². The van der Waals surface area contributed by atoms with Gasteiger partial charge in [-0.25, -0.2) is 0 Å². The number of alkyl halides is 1. The Morgan fingerprint density at radius 1 is 1.06 bits per heavy atom. The van der Waals surface area contributed by atoms with E-state index < -0.39 is 0 Å². The van der Waals surface area contributed by atoms with Crippen molar-refractivity contribution in [2.45, 2.75) is 24.1 Å². The zero-order valence-electron chi connectivity index (χ0n) is 9.72. The number of rotatable bonds is 5. The molecule has 0 N–H and O–H groups in total. The maximum atomic E-state index is 4.13. The molecule has 1 aromatic carbocycles. The number of benzene rings is 1. The van der Waals surface area contributed by atoms with Crippen LogP contribution in [-0.2, 0) is 6.42 Å². The number of hydrogen-bond donors (Lipinski definition) is 0. The Bertz CT molecular complexity index is 427. The van der Waals surface area contributed by atoms with Gasteiger partial charge >= 0.3 is 0 Å². The molecule has 0 saturated heterocycles. The van der Waals surface area contributed by atoms with Crippen molar-refractivity contribution >= 4 is 15.9 Å². The molecule has 0 bridgehead atoms. The SMILES string of the molecule is BrC(CCCc1cccnc1)c1ccccc1. The monoisotopic (exact) mass is 289 g/mol. The van der Waals surface area contributed by atoms with Crippen LogP contribution in [-0.4, -0.2) is 4.98 Å². The van der Waals surface area contributed by atoms with E-state index in [2.05, 4.69) is 57.3 Å². The summed E-state index contributed by atoms with van der Waals surface area (Å²) in [7, 11) is 0. The van der Waals surface area contributed by atoms with Crippen LogP contribution in [0.25, 0.3) is 0 Å². The molecule has 0 aliphatic carbocycles. The summed E-state index contributed by atoms with van der Waals surface area (Å²) in [5.41, 5.74) is 2.68. The topological polar surface area (TPSA) is 12.9 Å². The zero-order valence-corrected chi connectivity index (χ0v) is 11.3.